The molecule has 0 spiro atoms. The van der Waals surface area contributed by atoms with Crippen molar-refractivity contribution in [3.63, 3.8) is 0 Å². The van der Waals surface area contributed by atoms with Crippen LogP contribution in [-0.2, 0) is 4.74 Å². The van der Waals surface area contributed by atoms with Gasteiger partial charge in [-0.3, -0.25) is 14.4 Å². The zero-order chi connectivity index (χ0) is 27.9. The van der Waals surface area contributed by atoms with Gasteiger partial charge < -0.3 is 15.0 Å². The Kier molecular flexibility index (Phi) is 9.98. The summed E-state index contributed by atoms with van der Waals surface area (Å²) < 4.78 is 7.56. The van der Waals surface area contributed by atoms with E-state index < -0.39 is 0 Å². The lowest BCUT2D eigenvalue weighted by Gasteiger charge is -2.38. The number of hydrogen-bond acceptors (Lipinski definition) is 8. The zero-order valence-electron chi connectivity index (χ0n) is 23.7. The maximum Gasteiger partial charge on any atom is 0.409 e. The molecule has 1 amide bonds. The average molecular weight is 541 g/mol. The van der Waals surface area contributed by atoms with Crippen molar-refractivity contribution in [1.82, 2.24) is 34.4 Å². The molecule has 206 valence electrons. The van der Waals surface area contributed by atoms with Crippen LogP contribution < -0.4 is 5.32 Å². The van der Waals surface area contributed by atoms with E-state index in [0.717, 1.165) is 40.6 Å². The van der Waals surface area contributed by atoms with Crippen molar-refractivity contribution in [2.24, 2.45) is 0 Å². The van der Waals surface area contributed by atoms with Crippen molar-refractivity contribution in [3.8, 4) is 11.3 Å². The average Bonchev–Trinajstić information content (AvgIpc) is 3.55. The highest BCUT2D eigenvalue weighted by Gasteiger charge is 2.28. The summed E-state index contributed by atoms with van der Waals surface area (Å²) in [6, 6.07) is 0. The van der Waals surface area contributed by atoms with Gasteiger partial charge in [-0.2, -0.15) is 5.10 Å². The van der Waals surface area contributed by atoms with E-state index in [1.807, 2.05) is 36.2 Å². The molecule has 0 saturated carbocycles. The van der Waals surface area contributed by atoms with Crippen LogP contribution in [0.3, 0.4) is 0 Å². The second-order valence-electron chi connectivity index (χ2n) is 9.86. The third-order valence-corrected chi connectivity index (χ3v) is 6.84. The molecule has 0 aliphatic rings. The number of carbonyl (C=O) groups excluding carboxylic acids is 1. The molecule has 0 unspecified atom stereocenters. The minimum absolute atomic E-state index is 0.304. The van der Waals surface area contributed by atoms with E-state index in [1.54, 1.807) is 32.1 Å². The second-order valence-corrected chi connectivity index (χ2v) is 10.7. The fourth-order valence-corrected chi connectivity index (χ4v) is 4.56. The standard InChI is InChI=1S/C27H40N8O2S/c1-9-11-20(17-34(10-2)27(4,5)18-37-26(36)33(6)7)12-23(38-8)32-24-25-28-15-22(21-13-29-30-14-21)35(25)16-19(3)31-24/h11-16H,9-10,17-18H2,1-8H3,(H,29,30)(H,31,32)/b20-11-,23-12-. The quantitative estimate of drug-likeness (QED) is 0.303. The van der Waals surface area contributed by atoms with Crippen molar-refractivity contribution < 1.29 is 9.53 Å². The summed E-state index contributed by atoms with van der Waals surface area (Å²) in [7, 11) is 3.38. The number of likely N-dealkylation sites (N-methyl/N-ethyl adjacent to an activating group) is 1. The van der Waals surface area contributed by atoms with Gasteiger partial charge in [0.05, 0.1) is 28.8 Å². The van der Waals surface area contributed by atoms with Crippen molar-refractivity contribution in [1.29, 1.82) is 0 Å². The molecule has 0 radical (unpaired) electrons. The van der Waals surface area contributed by atoms with E-state index in [-0.39, 0.29) is 11.6 Å². The van der Waals surface area contributed by atoms with Crippen molar-refractivity contribution in [2.75, 3.05) is 45.4 Å². The number of allylic oxidation sites excluding steroid dienone is 1. The van der Waals surface area contributed by atoms with Crippen molar-refractivity contribution >= 4 is 29.3 Å². The van der Waals surface area contributed by atoms with Crippen LogP contribution >= 0.6 is 11.8 Å². The number of thioether (sulfide) groups is 1. The summed E-state index contributed by atoms with van der Waals surface area (Å²) in [4.78, 5) is 25.2. The lowest BCUT2D eigenvalue weighted by molar-refractivity contribution is 0.0388. The Morgan fingerprint density at radius 1 is 1.29 bits per heavy atom. The zero-order valence-corrected chi connectivity index (χ0v) is 24.5. The summed E-state index contributed by atoms with van der Waals surface area (Å²) in [5.41, 5.74) is 4.35. The van der Waals surface area contributed by atoms with E-state index in [0.29, 0.717) is 19.0 Å². The van der Waals surface area contributed by atoms with Gasteiger partial charge in [0.25, 0.3) is 0 Å². The van der Waals surface area contributed by atoms with E-state index in [9.17, 15) is 4.79 Å². The highest BCUT2D eigenvalue weighted by Crippen LogP contribution is 2.27. The van der Waals surface area contributed by atoms with E-state index in [2.05, 4.69) is 65.2 Å². The van der Waals surface area contributed by atoms with Gasteiger partial charge in [0.2, 0.25) is 0 Å². The molecule has 38 heavy (non-hydrogen) atoms. The third-order valence-electron chi connectivity index (χ3n) is 6.18. The molecule has 0 aromatic carbocycles. The van der Waals surface area contributed by atoms with Gasteiger partial charge >= 0.3 is 6.09 Å². The fourth-order valence-electron chi connectivity index (χ4n) is 4.09. The predicted molar refractivity (Wildman–Crippen MR) is 155 cm³/mol. The molecule has 0 bridgehead atoms. The molecular formula is C27H40N8O2S. The van der Waals surface area contributed by atoms with Crippen LogP contribution in [0.25, 0.3) is 16.9 Å². The Morgan fingerprint density at radius 3 is 2.66 bits per heavy atom. The van der Waals surface area contributed by atoms with Crippen LogP contribution in [0.1, 0.15) is 39.8 Å². The molecule has 3 aromatic heterocycles. The van der Waals surface area contributed by atoms with Crippen LogP contribution in [0.15, 0.2) is 47.5 Å². The van der Waals surface area contributed by atoms with Gasteiger partial charge in [-0.25, -0.2) is 14.8 Å². The second kappa shape index (κ2) is 13.0. The number of rotatable bonds is 12. The molecule has 3 heterocycles. The Bertz CT molecular complexity index is 1280. The van der Waals surface area contributed by atoms with Gasteiger partial charge in [0.15, 0.2) is 11.5 Å². The summed E-state index contributed by atoms with van der Waals surface area (Å²) in [5, 5.41) is 11.4. The first-order chi connectivity index (χ1) is 18.1. The van der Waals surface area contributed by atoms with Crippen LogP contribution in [0.4, 0.5) is 10.6 Å². The molecule has 3 aromatic rings. The van der Waals surface area contributed by atoms with Gasteiger partial charge in [-0.1, -0.05) is 19.9 Å². The first kappa shape index (κ1) is 29.2. The highest BCUT2D eigenvalue weighted by molar-refractivity contribution is 8.02. The summed E-state index contributed by atoms with van der Waals surface area (Å²) in [6.45, 7) is 12.3. The number of aromatic amines is 1. The molecule has 2 N–H and O–H groups in total. The lowest BCUT2D eigenvalue weighted by Crippen LogP contribution is -2.49. The Morgan fingerprint density at radius 2 is 2.05 bits per heavy atom. The van der Waals surface area contributed by atoms with E-state index in [1.165, 1.54) is 10.5 Å². The number of fused-ring (bicyclic) bond motifs is 1. The number of imidazole rings is 1. The number of aromatic nitrogens is 5. The number of nitrogens with one attached hydrogen (secondary N) is 2. The number of H-pyrrole nitrogens is 1. The van der Waals surface area contributed by atoms with Crippen LogP contribution in [0.2, 0.25) is 0 Å². The number of ether oxygens (including phenoxy) is 1. The summed E-state index contributed by atoms with van der Waals surface area (Å²) in [6.07, 6.45) is 14.5. The lowest BCUT2D eigenvalue weighted by atomic mass is 10.0. The number of hydrogen-bond donors (Lipinski definition) is 2. The normalized spacial score (nSPS) is 12.9. The minimum Gasteiger partial charge on any atom is -0.447 e. The monoisotopic (exact) mass is 540 g/mol. The van der Waals surface area contributed by atoms with Crippen LogP contribution in [0.5, 0.6) is 0 Å². The van der Waals surface area contributed by atoms with Gasteiger partial charge in [-0.05, 0) is 51.6 Å². The Balaban J connectivity index is 1.85. The maximum absolute atomic E-state index is 12.0. The largest absolute Gasteiger partial charge is 0.447 e. The van der Waals surface area contributed by atoms with Crippen molar-refractivity contribution in [3.05, 3.63) is 53.2 Å². The van der Waals surface area contributed by atoms with Gasteiger partial charge in [0, 0.05) is 44.1 Å². The molecule has 0 saturated heterocycles. The topological polar surface area (TPSA) is 104 Å². The van der Waals surface area contributed by atoms with E-state index in [4.69, 9.17) is 9.72 Å². The minimum atomic E-state index is -0.336. The maximum atomic E-state index is 12.0. The van der Waals surface area contributed by atoms with Gasteiger partial charge in [0.1, 0.15) is 6.61 Å². The molecule has 11 heteroatoms. The molecule has 0 fully saturated rings. The Hall–Kier alpha value is -3.31. The molecule has 10 nitrogen and oxygen atoms in total. The Labute approximate surface area is 229 Å². The number of carbonyl (C=O) groups is 1. The fraction of sp³-hybridized carbons (Fsp3) is 0.481. The first-order valence-electron chi connectivity index (χ1n) is 12.7. The SMILES string of the molecule is CC/C=C(/C=C(/Nc1nc(C)cn2c(-c3cn[nH]c3)cnc12)SC)CN(CC)C(C)(C)COC(=O)N(C)C. The number of aryl methyl sites for hydroxylation is 1. The smallest absolute Gasteiger partial charge is 0.409 e. The number of anilines is 1. The number of nitrogens with zero attached hydrogens (tertiary/aromatic N) is 6. The molecule has 0 atom stereocenters. The number of amides is 1. The first-order valence-corrected chi connectivity index (χ1v) is 14.0. The highest BCUT2D eigenvalue weighted by atomic mass is 32.2. The van der Waals surface area contributed by atoms with Crippen LogP contribution in [-0.4, -0.2) is 86.0 Å². The summed E-state index contributed by atoms with van der Waals surface area (Å²) in [5.74, 6) is 0.694. The van der Waals surface area contributed by atoms with E-state index >= 15 is 0 Å². The van der Waals surface area contributed by atoms with Gasteiger partial charge in [-0.15, -0.1) is 11.8 Å². The third kappa shape index (κ3) is 7.16. The predicted octanol–water partition coefficient (Wildman–Crippen LogP) is 5.18. The molecule has 3 rings (SSSR count). The molecule has 0 aliphatic heterocycles. The molecule has 0 aliphatic carbocycles. The summed E-state index contributed by atoms with van der Waals surface area (Å²) >= 11 is 1.62. The molecular weight excluding hydrogens is 500 g/mol. The van der Waals surface area contributed by atoms with Crippen molar-refractivity contribution in [2.45, 2.75) is 46.6 Å². The van der Waals surface area contributed by atoms with Crippen LogP contribution in [0, 0.1) is 6.92 Å².